The highest BCUT2D eigenvalue weighted by atomic mass is 127. The summed E-state index contributed by atoms with van der Waals surface area (Å²) in [6.45, 7) is 0.681. The van der Waals surface area contributed by atoms with E-state index in [9.17, 15) is 4.79 Å². The summed E-state index contributed by atoms with van der Waals surface area (Å²) in [5.41, 5.74) is 7.04. The zero-order chi connectivity index (χ0) is 18.9. The number of nitrogens with zero attached hydrogens (tertiary/aromatic N) is 1. The predicted molar refractivity (Wildman–Crippen MR) is 119 cm³/mol. The van der Waals surface area contributed by atoms with Crippen LogP contribution in [-0.2, 0) is 0 Å². The van der Waals surface area contributed by atoms with E-state index in [0.717, 1.165) is 0 Å². The van der Waals surface area contributed by atoms with Crippen LogP contribution in [0.3, 0.4) is 0 Å². The summed E-state index contributed by atoms with van der Waals surface area (Å²) in [4.78, 5) is 16.2. The van der Waals surface area contributed by atoms with Gasteiger partial charge in [0.25, 0.3) is 5.91 Å². The van der Waals surface area contributed by atoms with Crippen LogP contribution in [0.5, 0.6) is 11.5 Å². The first-order valence-electron chi connectivity index (χ1n) is 7.86. The summed E-state index contributed by atoms with van der Waals surface area (Å²) >= 11 is 6.05. The fraction of sp³-hybridized carbons (Fsp3) is 0.222. The highest BCUT2D eigenvalue weighted by Gasteiger charge is 2.06. The molecule has 9 heteroatoms. The molecular formula is C18H22ClIN4O3. The number of methoxy groups -OCH3 is 2. The predicted octanol–water partition coefficient (Wildman–Crippen LogP) is 3.13. The lowest BCUT2D eigenvalue weighted by Gasteiger charge is -2.09. The first kappa shape index (κ1) is 22.8. The molecule has 0 saturated carbocycles. The van der Waals surface area contributed by atoms with Crippen LogP contribution in [0.15, 0.2) is 47.5 Å². The standard InChI is InChI=1S/C18H21ClN4O3.HI/c1-25-14-5-3-4-12(10-14)17(24)21-8-9-22-18(20)23-13-6-7-16(26-2)15(19)11-13;/h3-7,10-11H,8-9H2,1-2H3,(H,21,24)(H3,20,22,23);1H. The Bertz CT molecular complexity index is 802. The van der Waals surface area contributed by atoms with Crippen LogP contribution in [0.25, 0.3) is 0 Å². The van der Waals surface area contributed by atoms with Gasteiger partial charge in [-0.2, -0.15) is 0 Å². The van der Waals surface area contributed by atoms with Gasteiger partial charge in [-0.05, 0) is 36.4 Å². The molecule has 0 heterocycles. The van der Waals surface area contributed by atoms with Gasteiger partial charge < -0.3 is 25.8 Å². The Morgan fingerprint density at radius 3 is 2.63 bits per heavy atom. The molecule has 27 heavy (non-hydrogen) atoms. The number of aliphatic imine (C=N–C) groups is 1. The Morgan fingerprint density at radius 1 is 1.19 bits per heavy atom. The third-order valence-corrected chi connectivity index (χ3v) is 3.73. The van der Waals surface area contributed by atoms with Crippen molar-refractivity contribution < 1.29 is 14.3 Å². The topological polar surface area (TPSA) is 98.0 Å². The molecule has 4 N–H and O–H groups in total. The van der Waals surface area contributed by atoms with Crippen molar-refractivity contribution in [2.75, 3.05) is 32.6 Å². The molecule has 146 valence electrons. The van der Waals surface area contributed by atoms with Gasteiger partial charge in [-0.25, -0.2) is 0 Å². The van der Waals surface area contributed by atoms with Gasteiger partial charge in [-0.1, -0.05) is 17.7 Å². The molecule has 0 unspecified atom stereocenters. The Kier molecular flexibility index (Phi) is 9.73. The smallest absolute Gasteiger partial charge is 0.251 e. The summed E-state index contributed by atoms with van der Waals surface area (Å²) < 4.78 is 10.2. The minimum absolute atomic E-state index is 0. The van der Waals surface area contributed by atoms with Crippen molar-refractivity contribution >= 4 is 53.1 Å². The van der Waals surface area contributed by atoms with E-state index in [4.69, 9.17) is 26.8 Å². The molecule has 1 amide bonds. The maximum absolute atomic E-state index is 12.1. The number of nitrogens with one attached hydrogen (secondary N) is 2. The highest BCUT2D eigenvalue weighted by Crippen LogP contribution is 2.26. The Morgan fingerprint density at radius 2 is 1.96 bits per heavy atom. The van der Waals surface area contributed by atoms with Gasteiger partial charge in [0.05, 0.1) is 25.8 Å². The molecule has 0 radical (unpaired) electrons. The van der Waals surface area contributed by atoms with Gasteiger partial charge in [0.2, 0.25) is 0 Å². The van der Waals surface area contributed by atoms with E-state index >= 15 is 0 Å². The summed E-state index contributed by atoms with van der Waals surface area (Å²) in [5.74, 6) is 1.23. The molecule has 0 aromatic heterocycles. The minimum atomic E-state index is -0.201. The molecule has 0 spiro atoms. The van der Waals surface area contributed by atoms with Crippen molar-refractivity contribution in [1.82, 2.24) is 5.32 Å². The lowest BCUT2D eigenvalue weighted by molar-refractivity contribution is 0.0954. The number of hydrogen-bond donors (Lipinski definition) is 3. The Hall–Kier alpha value is -2.20. The molecule has 0 aliphatic heterocycles. The summed E-state index contributed by atoms with van der Waals surface area (Å²) in [7, 11) is 3.10. The number of carbonyl (C=O) groups excluding carboxylic acids is 1. The third-order valence-electron chi connectivity index (χ3n) is 3.44. The molecule has 0 fully saturated rings. The number of nitrogens with two attached hydrogens (primary N) is 1. The number of ether oxygens (including phenoxy) is 2. The maximum atomic E-state index is 12.1. The van der Waals surface area contributed by atoms with Crippen LogP contribution in [0.1, 0.15) is 10.4 Å². The van der Waals surface area contributed by atoms with E-state index in [1.165, 1.54) is 0 Å². The monoisotopic (exact) mass is 504 g/mol. The Labute approximate surface area is 180 Å². The number of amides is 1. The van der Waals surface area contributed by atoms with Crippen LogP contribution >= 0.6 is 35.6 Å². The van der Waals surface area contributed by atoms with Gasteiger partial charge in [-0.15, -0.1) is 24.0 Å². The lowest BCUT2D eigenvalue weighted by atomic mass is 10.2. The van der Waals surface area contributed by atoms with Crippen molar-refractivity contribution in [2.24, 2.45) is 10.7 Å². The second-order valence-electron chi connectivity index (χ2n) is 5.23. The highest BCUT2D eigenvalue weighted by molar-refractivity contribution is 14.0. The molecule has 2 aromatic rings. The quantitative estimate of drug-likeness (QED) is 0.233. The summed E-state index contributed by atoms with van der Waals surface area (Å²) in [6, 6.07) is 12.1. The van der Waals surface area contributed by atoms with E-state index in [1.54, 1.807) is 56.7 Å². The van der Waals surface area contributed by atoms with E-state index in [2.05, 4.69) is 15.6 Å². The molecule has 0 atom stereocenters. The number of benzene rings is 2. The first-order chi connectivity index (χ1) is 12.5. The van der Waals surface area contributed by atoms with Gasteiger partial charge in [0.15, 0.2) is 5.96 Å². The van der Waals surface area contributed by atoms with Gasteiger partial charge in [-0.3, -0.25) is 9.79 Å². The van der Waals surface area contributed by atoms with Crippen molar-refractivity contribution in [3.8, 4) is 11.5 Å². The number of anilines is 1. The Balaban J connectivity index is 0.00000364. The molecule has 2 aromatic carbocycles. The maximum Gasteiger partial charge on any atom is 0.251 e. The fourth-order valence-corrected chi connectivity index (χ4v) is 2.40. The van der Waals surface area contributed by atoms with Gasteiger partial charge in [0.1, 0.15) is 11.5 Å². The van der Waals surface area contributed by atoms with Crippen LogP contribution in [0.2, 0.25) is 5.02 Å². The zero-order valence-corrected chi connectivity index (χ0v) is 18.1. The second-order valence-corrected chi connectivity index (χ2v) is 5.64. The summed E-state index contributed by atoms with van der Waals surface area (Å²) in [5, 5.41) is 6.17. The average molecular weight is 505 g/mol. The molecular weight excluding hydrogens is 483 g/mol. The second kappa shape index (κ2) is 11.5. The van der Waals surface area contributed by atoms with Gasteiger partial charge in [0, 0.05) is 17.8 Å². The molecule has 2 rings (SSSR count). The van der Waals surface area contributed by atoms with Crippen molar-refractivity contribution in [3.63, 3.8) is 0 Å². The number of hydrogen-bond acceptors (Lipinski definition) is 4. The normalized spacial score (nSPS) is 10.6. The van der Waals surface area contributed by atoms with E-state index in [-0.39, 0.29) is 35.8 Å². The first-order valence-corrected chi connectivity index (χ1v) is 8.24. The molecule has 0 aliphatic carbocycles. The van der Waals surface area contributed by atoms with Gasteiger partial charge >= 0.3 is 0 Å². The average Bonchev–Trinajstić information content (AvgIpc) is 2.65. The van der Waals surface area contributed by atoms with Crippen LogP contribution in [0, 0.1) is 0 Å². The summed E-state index contributed by atoms with van der Waals surface area (Å²) in [6.07, 6.45) is 0. The number of guanidine groups is 1. The van der Waals surface area contributed by atoms with Crippen molar-refractivity contribution in [2.45, 2.75) is 0 Å². The largest absolute Gasteiger partial charge is 0.497 e. The SMILES string of the molecule is COc1cccc(C(=O)NCCN=C(N)Nc2ccc(OC)c(Cl)c2)c1.I. The molecule has 0 saturated heterocycles. The molecule has 0 aliphatic rings. The van der Waals surface area contributed by atoms with E-state index in [1.807, 2.05) is 0 Å². The number of carbonyl (C=O) groups is 1. The lowest BCUT2D eigenvalue weighted by Crippen LogP contribution is -2.28. The van der Waals surface area contributed by atoms with E-state index < -0.39 is 0 Å². The van der Waals surface area contributed by atoms with Crippen LogP contribution in [-0.4, -0.2) is 39.2 Å². The zero-order valence-electron chi connectivity index (χ0n) is 15.0. The van der Waals surface area contributed by atoms with Crippen molar-refractivity contribution in [3.05, 3.63) is 53.1 Å². The van der Waals surface area contributed by atoms with E-state index in [0.29, 0.717) is 40.9 Å². The van der Waals surface area contributed by atoms with Crippen LogP contribution < -0.4 is 25.8 Å². The fourth-order valence-electron chi connectivity index (χ4n) is 2.14. The molecule has 0 bridgehead atoms. The van der Waals surface area contributed by atoms with Crippen LogP contribution in [0.4, 0.5) is 5.69 Å². The third kappa shape index (κ3) is 7.14. The number of halogens is 2. The number of rotatable bonds is 7. The minimum Gasteiger partial charge on any atom is -0.497 e. The molecule has 7 nitrogen and oxygen atoms in total. The van der Waals surface area contributed by atoms with Crippen molar-refractivity contribution in [1.29, 1.82) is 0 Å².